The molecule has 0 saturated carbocycles. The Labute approximate surface area is 143 Å². The van der Waals surface area contributed by atoms with Crippen molar-refractivity contribution < 1.29 is 4.74 Å². The second-order valence-electron chi connectivity index (χ2n) is 4.06. The fourth-order valence-electron chi connectivity index (χ4n) is 1.77. The maximum atomic E-state index is 6.14. The molecule has 0 bridgehead atoms. The normalized spacial score (nSPS) is 10.3. The molecule has 0 amide bonds. The third-order valence-electron chi connectivity index (χ3n) is 2.81. The van der Waals surface area contributed by atoms with Crippen molar-refractivity contribution in [2.24, 2.45) is 0 Å². The van der Waals surface area contributed by atoms with Crippen molar-refractivity contribution in [3.8, 4) is 11.5 Å². The van der Waals surface area contributed by atoms with Gasteiger partial charge in [0.05, 0.1) is 20.1 Å². The molecule has 0 aliphatic heterocycles. The molecular formula is C16H10Cl4O. The highest BCUT2D eigenvalue weighted by atomic mass is 35.5. The predicted octanol–water partition coefficient (Wildman–Crippen LogP) is 7.38. The SMILES string of the molecule is C=Cc1c(Oc2ccc(Cl)c(Cl)c2C=C)ccc(Cl)c1Cl. The Morgan fingerprint density at radius 1 is 0.714 bits per heavy atom. The summed E-state index contributed by atoms with van der Waals surface area (Å²) in [6, 6.07) is 6.72. The molecule has 2 rings (SSSR count). The lowest BCUT2D eigenvalue weighted by molar-refractivity contribution is 0.480. The molecule has 0 aliphatic rings. The van der Waals surface area contributed by atoms with Crippen LogP contribution in [-0.2, 0) is 0 Å². The average Bonchev–Trinajstić information content (AvgIpc) is 2.47. The molecule has 0 saturated heterocycles. The van der Waals surface area contributed by atoms with E-state index < -0.39 is 0 Å². The van der Waals surface area contributed by atoms with Crippen LogP contribution in [0.5, 0.6) is 11.5 Å². The summed E-state index contributed by atoms with van der Waals surface area (Å²) in [7, 11) is 0. The molecule has 0 heterocycles. The molecule has 1 nitrogen and oxygen atoms in total. The zero-order valence-electron chi connectivity index (χ0n) is 10.8. The Kier molecular flexibility index (Phi) is 5.23. The summed E-state index contributed by atoms with van der Waals surface area (Å²) in [6.45, 7) is 7.44. The molecule has 0 atom stereocenters. The Morgan fingerprint density at radius 3 is 1.43 bits per heavy atom. The predicted molar refractivity (Wildman–Crippen MR) is 93.2 cm³/mol. The third-order valence-corrected chi connectivity index (χ3v) is 4.45. The van der Waals surface area contributed by atoms with Crippen molar-refractivity contribution in [3.05, 3.63) is 68.6 Å². The molecule has 5 heteroatoms. The minimum Gasteiger partial charge on any atom is -0.456 e. The minimum absolute atomic E-state index is 0.379. The van der Waals surface area contributed by atoms with Crippen LogP contribution in [0.3, 0.4) is 0 Å². The third kappa shape index (κ3) is 3.22. The quantitative estimate of drug-likeness (QED) is 0.553. The van der Waals surface area contributed by atoms with Gasteiger partial charge in [-0.1, -0.05) is 71.7 Å². The number of halogens is 4. The number of rotatable bonds is 4. The first-order valence-electron chi connectivity index (χ1n) is 5.88. The fraction of sp³-hybridized carbons (Fsp3) is 0. The molecule has 0 spiro atoms. The van der Waals surface area contributed by atoms with Crippen LogP contribution in [0.25, 0.3) is 12.2 Å². The molecule has 0 aliphatic carbocycles. The molecule has 2 aromatic carbocycles. The number of hydrogen-bond acceptors (Lipinski definition) is 1. The molecule has 0 radical (unpaired) electrons. The first-order valence-corrected chi connectivity index (χ1v) is 7.39. The van der Waals surface area contributed by atoms with Gasteiger partial charge in [-0.05, 0) is 24.3 Å². The number of benzene rings is 2. The number of ether oxygens (including phenoxy) is 1. The first kappa shape index (κ1) is 16.3. The van der Waals surface area contributed by atoms with Crippen LogP contribution in [-0.4, -0.2) is 0 Å². The highest BCUT2D eigenvalue weighted by Gasteiger charge is 2.14. The van der Waals surface area contributed by atoms with Gasteiger partial charge in [-0.15, -0.1) is 0 Å². The summed E-state index contributed by atoms with van der Waals surface area (Å²) in [5.41, 5.74) is 1.20. The lowest BCUT2D eigenvalue weighted by atomic mass is 10.1. The second kappa shape index (κ2) is 6.76. The average molecular weight is 360 g/mol. The fourth-order valence-corrected chi connectivity index (χ4v) is 2.57. The zero-order valence-corrected chi connectivity index (χ0v) is 13.8. The topological polar surface area (TPSA) is 9.23 Å². The van der Waals surface area contributed by atoms with Crippen LogP contribution in [0, 0.1) is 0 Å². The van der Waals surface area contributed by atoms with E-state index in [2.05, 4.69) is 13.2 Å². The summed E-state index contributed by atoms with van der Waals surface area (Å²) in [5.74, 6) is 1.03. The minimum atomic E-state index is 0.379. The van der Waals surface area contributed by atoms with Crippen molar-refractivity contribution in [2.45, 2.75) is 0 Å². The Balaban J connectivity index is 2.53. The van der Waals surface area contributed by atoms with Crippen molar-refractivity contribution in [1.82, 2.24) is 0 Å². The monoisotopic (exact) mass is 358 g/mol. The van der Waals surface area contributed by atoms with Crippen molar-refractivity contribution in [2.75, 3.05) is 0 Å². The molecular weight excluding hydrogens is 350 g/mol. The van der Waals surface area contributed by atoms with Crippen LogP contribution in [0.15, 0.2) is 37.4 Å². The van der Waals surface area contributed by atoms with Crippen LogP contribution in [0.2, 0.25) is 20.1 Å². The van der Waals surface area contributed by atoms with Gasteiger partial charge in [0.2, 0.25) is 0 Å². The zero-order chi connectivity index (χ0) is 15.6. The molecule has 0 unspecified atom stereocenters. The summed E-state index contributed by atoms with van der Waals surface area (Å²) >= 11 is 24.3. The maximum absolute atomic E-state index is 6.14. The summed E-state index contributed by atoms with van der Waals surface area (Å²) in [5, 5.41) is 1.61. The van der Waals surface area contributed by atoms with Crippen LogP contribution in [0.1, 0.15) is 11.1 Å². The highest BCUT2D eigenvalue weighted by molar-refractivity contribution is 6.43. The Bertz CT molecular complexity index is 661. The summed E-state index contributed by atoms with van der Waals surface area (Å²) < 4.78 is 5.87. The van der Waals surface area contributed by atoms with Crippen molar-refractivity contribution >= 4 is 58.6 Å². The molecule has 108 valence electrons. The van der Waals surface area contributed by atoms with Gasteiger partial charge in [0.25, 0.3) is 0 Å². The van der Waals surface area contributed by atoms with E-state index in [-0.39, 0.29) is 0 Å². The molecule has 0 fully saturated rings. The van der Waals surface area contributed by atoms with E-state index in [9.17, 15) is 0 Å². The van der Waals surface area contributed by atoms with E-state index in [4.69, 9.17) is 51.1 Å². The van der Waals surface area contributed by atoms with Crippen LogP contribution >= 0.6 is 46.4 Å². The van der Waals surface area contributed by atoms with Gasteiger partial charge in [-0.25, -0.2) is 0 Å². The van der Waals surface area contributed by atoms with E-state index in [1.807, 2.05) is 0 Å². The largest absolute Gasteiger partial charge is 0.456 e. The summed E-state index contributed by atoms with van der Waals surface area (Å²) in [6.07, 6.45) is 3.16. The number of hydrogen-bond donors (Lipinski definition) is 0. The van der Waals surface area contributed by atoms with E-state index in [1.165, 1.54) is 0 Å². The Hall–Kier alpha value is -1.12. The summed E-state index contributed by atoms with van der Waals surface area (Å²) in [4.78, 5) is 0. The first-order chi connectivity index (χ1) is 9.99. The van der Waals surface area contributed by atoms with Gasteiger partial charge < -0.3 is 4.74 Å². The van der Waals surface area contributed by atoms with E-state index in [0.717, 1.165) is 0 Å². The molecule has 0 N–H and O–H groups in total. The molecule has 0 aromatic heterocycles. The van der Waals surface area contributed by atoms with E-state index >= 15 is 0 Å². The Morgan fingerprint density at radius 2 is 1.10 bits per heavy atom. The van der Waals surface area contributed by atoms with Gasteiger partial charge in [-0.2, -0.15) is 0 Å². The standard InChI is InChI=1S/C16H10Cl4O/c1-3-9-13(7-5-11(17)15(9)19)21-14-8-6-12(18)16(20)10(14)4-2/h3-8H,1-2H2. The lowest BCUT2D eigenvalue weighted by Crippen LogP contribution is -1.92. The van der Waals surface area contributed by atoms with E-state index in [0.29, 0.717) is 42.7 Å². The van der Waals surface area contributed by atoms with Crippen LogP contribution in [0.4, 0.5) is 0 Å². The maximum Gasteiger partial charge on any atom is 0.136 e. The van der Waals surface area contributed by atoms with Gasteiger partial charge in [0.15, 0.2) is 0 Å². The molecule has 2 aromatic rings. The van der Waals surface area contributed by atoms with E-state index in [1.54, 1.807) is 36.4 Å². The van der Waals surface area contributed by atoms with Gasteiger partial charge in [0.1, 0.15) is 11.5 Å². The molecule has 21 heavy (non-hydrogen) atoms. The lowest BCUT2D eigenvalue weighted by Gasteiger charge is -2.14. The van der Waals surface area contributed by atoms with Crippen molar-refractivity contribution in [3.63, 3.8) is 0 Å². The second-order valence-corrected chi connectivity index (χ2v) is 5.63. The van der Waals surface area contributed by atoms with Gasteiger partial charge in [0, 0.05) is 11.1 Å². The van der Waals surface area contributed by atoms with Gasteiger partial charge >= 0.3 is 0 Å². The highest BCUT2D eigenvalue weighted by Crippen LogP contribution is 2.40. The van der Waals surface area contributed by atoms with Crippen LogP contribution < -0.4 is 4.74 Å². The van der Waals surface area contributed by atoms with Crippen molar-refractivity contribution in [1.29, 1.82) is 0 Å². The van der Waals surface area contributed by atoms with Gasteiger partial charge in [-0.3, -0.25) is 0 Å². The smallest absolute Gasteiger partial charge is 0.136 e.